The van der Waals surface area contributed by atoms with Gasteiger partial charge in [0.05, 0.1) is 6.10 Å². The number of rotatable bonds is 9. The fraction of sp³-hybridized carbons (Fsp3) is 0.867. The van der Waals surface area contributed by atoms with Crippen LogP contribution in [0.5, 0.6) is 0 Å². The van der Waals surface area contributed by atoms with Crippen molar-refractivity contribution in [2.24, 2.45) is 5.92 Å². The molecule has 0 heterocycles. The third-order valence-corrected chi connectivity index (χ3v) is 3.49. The predicted molar refractivity (Wildman–Crippen MR) is 74.3 cm³/mol. The summed E-state index contributed by atoms with van der Waals surface area (Å²) in [5.41, 5.74) is 1.29. The molecule has 1 aliphatic rings. The first kappa shape index (κ1) is 14.7. The first-order valence-electron chi connectivity index (χ1n) is 7.15. The molecule has 1 fully saturated rings. The van der Waals surface area contributed by atoms with Gasteiger partial charge in [-0.15, -0.1) is 6.58 Å². The Hall–Kier alpha value is -0.340. The van der Waals surface area contributed by atoms with Crippen molar-refractivity contribution in [2.75, 3.05) is 13.2 Å². The number of hydrogen-bond donors (Lipinski definition) is 1. The molecule has 0 spiro atoms. The molecule has 1 rings (SSSR count). The molecule has 0 aromatic rings. The summed E-state index contributed by atoms with van der Waals surface area (Å²) < 4.78 is 5.61. The second-order valence-electron chi connectivity index (χ2n) is 5.46. The minimum atomic E-state index is 0.543. The standard InChI is InChI=1S/C15H29NO/c1-5-7-16-14(8-12(3)4)9-13-10-15(11-13)17-6-2/h13-16H,3,5-11H2,1-2,4H3. The molecule has 0 aromatic heterocycles. The first-order chi connectivity index (χ1) is 8.15. The van der Waals surface area contributed by atoms with E-state index in [2.05, 4.69) is 32.7 Å². The van der Waals surface area contributed by atoms with Crippen LogP contribution in [-0.4, -0.2) is 25.3 Å². The summed E-state index contributed by atoms with van der Waals surface area (Å²) in [5.74, 6) is 0.861. The van der Waals surface area contributed by atoms with Crippen molar-refractivity contribution < 1.29 is 4.74 Å². The quantitative estimate of drug-likeness (QED) is 0.622. The van der Waals surface area contributed by atoms with E-state index in [1.54, 1.807) is 0 Å². The molecule has 1 aliphatic carbocycles. The first-order valence-corrected chi connectivity index (χ1v) is 7.15. The summed E-state index contributed by atoms with van der Waals surface area (Å²) in [4.78, 5) is 0. The van der Waals surface area contributed by atoms with Crippen LogP contribution in [0.25, 0.3) is 0 Å². The van der Waals surface area contributed by atoms with E-state index in [9.17, 15) is 0 Å². The molecule has 0 amide bonds. The molecule has 17 heavy (non-hydrogen) atoms. The fourth-order valence-electron chi connectivity index (χ4n) is 2.65. The highest BCUT2D eigenvalue weighted by Gasteiger charge is 2.31. The van der Waals surface area contributed by atoms with Crippen LogP contribution < -0.4 is 5.32 Å². The third-order valence-electron chi connectivity index (χ3n) is 3.49. The lowest BCUT2D eigenvalue weighted by atomic mass is 9.77. The minimum absolute atomic E-state index is 0.543. The number of nitrogens with one attached hydrogen (secondary N) is 1. The molecular formula is C15H29NO. The summed E-state index contributed by atoms with van der Waals surface area (Å²) in [7, 11) is 0. The second kappa shape index (κ2) is 7.88. The van der Waals surface area contributed by atoms with Gasteiger partial charge in [0.1, 0.15) is 0 Å². The predicted octanol–water partition coefficient (Wildman–Crippen LogP) is 3.53. The SMILES string of the molecule is C=C(C)CC(CC1CC(OCC)C1)NCCC. The van der Waals surface area contributed by atoms with E-state index in [0.717, 1.165) is 25.5 Å². The maximum absolute atomic E-state index is 5.61. The van der Waals surface area contributed by atoms with E-state index >= 15 is 0 Å². The minimum Gasteiger partial charge on any atom is -0.378 e. The maximum Gasteiger partial charge on any atom is 0.0580 e. The zero-order valence-corrected chi connectivity index (χ0v) is 11.8. The Balaban J connectivity index is 2.22. The van der Waals surface area contributed by atoms with Crippen molar-refractivity contribution in [3.05, 3.63) is 12.2 Å². The lowest BCUT2D eigenvalue weighted by Crippen LogP contribution is -2.38. The van der Waals surface area contributed by atoms with Crippen molar-refractivity contribution in [1.82, 2.24) is 5.32 Å². The highest BCUT2D eigenvalue weighted by molar-refractivity contribution is 4.95. The Morgan fingerprint density at radius 1 is 1.41 bits per heavy atom. The average Bonchev–Trinajstić information content (AvgIpc) is 2.22. The molecule has 0 radical (unpaired) electrons. The van der Waals surface area contributed by atoms with E-state index in [1.165, 1.54) is 31.3 Å². The molecule has 0 saturated heterocycles. The van der Waals surface area contributed by atoms with Gasteiger partial charge in [0.25, 0.3) is 0 Å². The summed E-state index contributed by atoms with van der Waals surface area (Å²) in [5, 5.41) is 3.65. The van der Waals surface area contributed by atoms with Crippen LogP contribution >= 0.6 is 0 Å². The molecule has 1 unspecified atom stereocenters. The Kier molecular flexibility index (Phi) is 6.83. The van der Waals surface area contributed by atoms with Crippen LogP contribution in [0.3, 0.4) is 0 Å². The average molecular weight is 239 g/mol. The summed E-state index contributed by atoms with van der Waals surface area (Å²) in [6.07, 6.45) is 6.68. The molecule has 0 bridgehead atoms. The molecule has 1 N–H and O–H groups in total. The Labute approximate surface area is 107 Å². The number of ether oxygens (including phenoxy) is 1. The van der Waals surface area contributed by atoms with Crippen LogP contribution in [0.1, 0.15) is 52.9 Å². The lowest BCUT2D eigenvalue weighted by Gasteiger charge is -2.37. The molecule has 0 aliphatic heterocycles. The fourth-order valence-corrected chi connectivity index (χ4v) is 2.65. The lowest BCUT2D eigenvalue weighted by molar-refractivity contribution is -0.0290. The number of hydrogen-bond acceptors (Lipinski definition) is 2. The largest absolute Gasteiger partial charge is 0.378 e. The smallest absolute Gasteiger partial charge is 0.0580 e. The second-order valence-corrected chi connectivity index (χ2v) is 5.46. The van der Waals surface area contributed by atoms with Gasteiger partial charge in [-0.05, 0) is 58.4 Å². The van der Waals surface area contributed by atoms with Crippen molar-refractivity contribution in [2.45, 2.75) is 65.0 Å². The van der Waals surface area contributed by atoms with Gasteiger partial charge in [-0.25, -0.2) is 0 Å². The van der Waals surface area contributed by atoms with Crippen molar-refractivity contribution in [3.8, 4) is 0 Å². The summed E-state index contributed by atoms with van der Waals surface area (Å²) in [6, 6.07) is 0.625. The van der Waals surface area contributed by atoms with Gasteiger partial charge in [0.2, 0.25) is 0 Å². The molecular weight excluding hydrogens is 210 g/mol. The van der Waals surface area contributed by atoms with Gasteiger partial charge in [0.15, 0.2) is 0 Å². The molecule has 1 saturated carbocycles. The molecule has 2 heteroatoms. The van der Waals surface area contributed by atoms with Gasteiger partial charge in [-0.3, -0.25) is 0 Å². The van der Waals surface area contributed by atoms with E-state index in [1.807, 2.05) is 0 Å². The van der Waals surface area contributed by atoms with Crippen LogP contribution in [0, 0.1) is 5.92 Å². The van der Waals surface area contributed by atoms with E-state index in [-0.39, 0.29) is 0 Å². The van der Waals surface area contributed by atoms with Gasteiger partial charge >= 0.3 is 0 Å². The normalized spacial score (nSPS) is 25.4. The van der Waals surface area contributed by atoms with E-state index < -0.39 is 0 Å². The van der Waals surface area contributed by atoms with Crippen LogP contribution in [0.4, 0.5) is 0 Å². The van der Waals surface area contributed by atoms with E-state index in [0.29, 0.717) is 12.1 Å². The molecule has 0 aromatic carbocycles. The summed E-state index contributed by atoms with van der Waals surface area (Å²) in [6.45, 7) is 12.5. The van der Waals surface area contributed by atoms with E-state index in [4.69, 9.17) is 4.74 Å². The maximum atomic E-state index is 5.61. The van der Waals surface area contributed by atoms with Gasteiger partial charge in [-0.2, -0.15) is 0 Å². The Bertz CT molecular complexity index is 221. The highest BCUT2D eigenvalue weighted by atomic mass is 16.5. The van der Waals surface area contributed by atoms with Gasteiger partial charge in [-0.1, -0.05) is 12.5 Å². The zero-order chi connectivity index (χ0) is 12.7. The Morgan fingerprint density at radius 3 is 2.65 bits per heavy atom. The molecule has 1 atom stereocenters. The Morgan fingerprint density at radius 2 is 2.12 bits per heavy atom. The highest BCUT2D eigenvalue weighted by Crippen LogP contribution is 2.34. The van der Waals surface area contributed by atoms with Crippen molar-refractivity contribution >= 4 is 0 Å². The van der Waals surface area contributed by atoms with Crippen LogP contribution in [0.2, 0.25) is 0 Å². The van der Waals surface area contributed by atoms with Crippen LogP contribution in [0.15, 0.2) is 12.2 Å². The monoisotopic (exact) mass is 239 g/mol. The summed E-state index contributed by atoms with van der Waals surface area (Å²) >= 11 is 0. The van der Waals surface area contributed by atoms with Crippen LogP contribution in [-0.2, 0) is 4.74 Å². The molecule has 100 valence electrons. The van der Waals surface area contributed by atoms with Crippen molar-refractivity contribution in [3.63, 3.8) is 0 Å². The zero-order valence-electron chi connectivity index (χ0n) is 11.8. The van der Waals surface area contributed by atoms with Gasteiger partial charge in [0, 0.05) is 12.6 Å². The third kappa shape index (κ3) is 5.69. The van der Waals surface area contributed by atoms with Crippen molar-refractivity contribution in [1.29, 1.82) is 0 Å². The van der Waals surface area contributed by atoms with Gasteiger partial charge < -0.3 is 10.1 Å². The topological polar surface area (TPSA) is 21.3 Å². The molecule has 2 nitrogen and oxygen atoms in total.